The third-order valence-corrected chi connectivity index (χ3v) is 5.14. The summed E-state index contributed by atoms with van der Waals surface area (Å²) in [6.07, 6.45) is 2.61. The van der Waals surface area contributed by atoms with Crippen LogP contribution in [0.4, 0.5) is 5.95 Å². The summed E-state index contributed by atoms with van der Waals surface area (Å²) in [5.41, 5.74) is 2.46. The number of hydrogen-bond donors (Lipinski definition) is 0. The van der Waals surface area contributed by atoms with Crippen molar-refractivity contribution in [3.05, 3.63) is 46.2 Å². The molecule has 2 aliphatic heterocycles. The van der Waals surface area contributed by atoms with Gasteiger partial charge in [0.05, 0.1) is 38.1 Å². The van der Waals surface area contributed by atoms with E-state index in [1.54, 1.807) is 30.2 Å². The molecule has 0 N–H and O–H groups in total. The lowest BCUT2D eigenvalue weighted by molar-refractivity contribution is 0.0728. The zero-order valence-corrected chi connectivity index (χ0v) is 15.9. The first-order valence-corrected chi connectivity index (χ1v) is 9.34. The Hall–Kier alpha value is -2.38. The Balaban J connectivity index is 1.57. The smallest absolute Gasteiger partial charge is 0.258 e. The number of rotatable bonds is 3. The number of aromatic nitrogens is 2. The minimum Gasteiger partial charge on any atom is -0.496 e. The summed E-state index contributed by atoms with van der Waals surface area (Å²) in [5, 5.41) is 0.508. The van der Waals surface area contributed by atoms with Crippen LogP contribution < -0.4 is 9.64 Å². The van der Waals surface area contributed by atoms with Crippen molar-refractivity contribution < 1.29 is 14.3 Å². The summed E-state index contributed by atoms with van der Waals surface area (Å²) in [7, 11) is 1.55. The van der Waals surface area contributed by atoms with Crippen molar-refractivity contribution in [1.82, 2.24) is 14.9 Å². The molecule has 2 aliphatic rings. The molecule has 0 unspecified atom stereocenters. The van der Waals surface area contributed by atoms with Crippen LogP contribution in [0.2, 0.25) is 5.02 Å². The average molecular weight is 389 g/mol. The molecule has 1 fully saturated rings. The Bertz CT molecular complexity index is 855. The molecule has 4 rings (SSSR count). The molecule has 8 heteroatoms. The molecule has 0 atom stereocenters. The Morgan fingerprint density at radius 1 is 1.26 bits per heavy atom. The number of hydrogen-bond acceptors (Lipinski definition) is 6. The van der Waals surface area contributed by atoms with E-state index in [4.69, 9.17) is 26.1 Å². The standard InChI is InChI=1S/C19H21ClN4O3/c1-26-17-3-2-14(20)10-15(17)18(25)24-5-4-13-11-21-19(22-16(13)12-24)23-6-8-27-9-7-23/h2-3,10-11H,4-9,12H2,1H3. The van der Waals surface area contributed by atoms with Crippen molar-refractivity contribution in [3.8, 4) is 5.75 Å². The van der Waals surface area contributed by atoms with Crippen LogP contribution in [0.15, 0.2) is 24.4 Å². The molecule has 1 saturated heterocycles. The van der Waals surface area contributed by atoms with Crippen LogP contribution in [0.1, 0.15) is 21.6 Å². The summed E-state index contributed by atoms with van der Waals surface area (Å²) < 4.78 is 10.7. The first-order chi connectivity index (χ1) is 13.2. The molecule has 27 heavy (non-hydrogen) atoms. The predicted molar refractivity (Wildman–Crippen MR) is 102 cm³/mol. The summed E-state index contributed by atoms with van der Waals surface area (Å²) in [5.74, 6) is 1.12. The van der Waals surface area contributed by atoms with E-state index >= 15 is 0 Å². The van der Waals surface area contributed by atoms with Gasteiger partial charge in [0, 0.05) is 30.9 Å². The number of amides is 1. The molecule has 3 heterocycles. The predicted octanol–water partition coefficient (Wildman–Crippen LogP) is 2.17. The Kier molecular flexibility index (Phi) is 5.13. The first-order valence-electron chi connectivity index (χ1n) is 8.96. The van der Waals surface area contributed by atoms with Gasteiger partial charge in [-0.15, -0.1) is 0 Å². The number of carbonyl (C=O) groups is 1. The molecule has 0 saturated carbocycles. The minimum atomic E-state index is -0.105. The molecule has 0 aliphatic carbocycles. The van der Waals surface area contributed by atoms with E-state index in [1.165, 1.54) is 0 Å². The number of anilines is 1. The summed E-state index contributed by atoms with van der Waals surface area (Å²) in [6, 6.07) is 5.08. The van der Waals surface area contributed by atoms with Crippen molar-refractivity contribution in [3.63, 3.8) is 0 Å². The van der Waals surface area contributed by atoms with Crippen molar-refractivity contribution in [2.45, 2.75) is 13.0 Å². The summed E-state index contributed by atoms with van der Waals surface area (Å²) in [4.78, 5) is 26.2. The highest BCUT2D eigenvalue weighted by molar-refractivity contribution is 6.31. The maximum atomic E-state index is 13.0. The highest BCUT2D eigenvalue weighted by Crippen LogP contribution is 2.27. The van der Waals surface area contributed by atoms with Gasteiger partial charge in [-0.05, 0) is 30.2 Å². The van der Waals surface area contributed by atoms with Gasteiger partial charge >= 0.3 is 0 Å². The lowest BCUT2D eigenvalue weighted by Gasteiger charge is -2.31. The zero-order valence-electron chi connectivity index (χ0n) is 15.2. The number of morpholine rings is 1. The van der Waals surface area contributed by atoms with Gasteiger partial charge in [-0.3, -0.25) is 4.79 Å². The van der Waals surface area contributed by atoms with E-state index in [1.807, 2.05) is 6.20 Å². The maximum absolute atomic E-state index is 13.0. The number of carbonyl (C=O) groups excluding carboxylic acids is 1. The van der Waals surface area contributed by atoms with Gasteiger partial charge in [0.15, 0.2) is 0 Å². The average Bonchev–Trinajstić information content (AvgIpc) is 2.73. The van der Waals surface area contributed by atoms with Gasteiger partial charge in [-0.2, -0.15) is 0 Å². The fourth-order valence-corrected chi connectivity index (χ4v) is 3.57. The molecule has 142 valence electrons. The van der Waals surface area contributed by atoms with Crippen molar-refractivity contribution in [2.75, 3.05) is 44.9 Å². The summed E-state index contributed by atoms with van der Waals surface area (Å²) in [6.45, 7) is 3.98. The van der Waals surface area contributed by atoms with Crippen LogP contribution in [-0.2, 0) is 17.7 Å². The van der Waals surface area contributed by atoms with E-state index in [2.05, 4.69) is 9.88 Å². The SMILES string of the molecule is COc1ccc(Cl)cc1C(=O)N1CCc2cnc(N3CCOCC3)nc2C1. The van der Waals surface area contributed by atoms with Crippen molar-refractivity contribution >= 4 is 23.5 Å². The fourth-order valence-electron chi connectivity index (χ4n) is 3.40. The van der Waals surface area contributed by atoms with E-state index in [9.17, 15) is 4.79 Å². The lowest BCUT2D eigenvalue weighted by Crippen LogP contribution is -2.39. The fraction of sp³-hybridized carbons (Fsp3) is 0.421. The Morgan fingerprint density at radius 3 is 2.85 bits per heavy atom. The third-order valence-electron chi connectivity index (χ3n) is 4.91. The maximum Gasteiger partial charge on any atom is 0.258 e. The molecule has 1 aromatic carbocycles. The van der Waals surface area contributed by atoms with Crippen molar-refractivity contribution in [1.29, 1.82) is 0 Å². The number of nitrogens with zero attached hydrogens (tertiary/aromatic N) is 4. The largest absolute Gasteiger partial charge is 0.496 e. The van der Waals surface area contributed by atoms with Crippen LogP contribution in [0.3, 0.4) is 0 Å². The minimum absolute atomic E-state index is 0.105. The van der Waals surface area contributed by atoms with Gasteiger partial charge in [0.2, 0.25) is 5.95 Å². The van der Waals surface area contributed by atoms with E-state index in [0.717, 1.165) is 30.8 Å². The number of benzene rings is 1. The number of methoxy groups -OCH3 is 1. The normalized spacial score (nSPS) is 16.8. The van der Waals surface area contributed by atoms with Crippen molar-refractivity contribution in [2.24, 2.45) is 0 Å². The Labute approximate surface area is 162 Å². The van der Waals surface area contributed by atoms with Gasteiger partial charge in [-0.25, -0.2) is 9.97 Å². The molecule has 1 amide bonds. The highest BCUT2D eigenvalue weighted by Gasteiger charge is 2.26. The van der Waals surface area contributed by atoms with Crippen LogP contribution in [0, 0.1) is 0 Å². The second-order valence-electron chi connectivity index (χ2n) is 6.56. The molecular formula is C19H21ClN4O3. The number of halogens is 1. The monoisotopic (exact) mass is 388 g/mol. The van der Waals surface area contributed by atoms with E-state index in [-0.39, 0.29) is 5.91 Å². The van der Waals surface area contributed by atoms with E-state index < -0.39 is 0 Å². The second-order valence-corrected chi connectivity index (χ2v) is 7.00. The molecule has 0 radical (unpaired) electrons. The topological polar surface area (TPSA) is 67.8 Å². The molecule has 0 spiro atoms. The van der Waals surface area contributed by atoms with Gasteiger partial charge in [0.1, 0.15) is 5.75 Å². The summed E-state index contributed by atoms with van der Waals surface area (Å²) >= 11 is 6.08. The van der Waals surface area contributed by atoms with Crippen LogP contribution in [-0.4, -0.2) is 60.7 Å². The molecule has 1 aromatic heterocycles. The zero-order chi connectivity index (χ0) is 18.8. The third kappa shape index (κ3) is 3.70. The van der Waals surface area contributed by atoms with Gasteiger partial charge in [-0.1, -0.05) is 11.6 Å². The molecule has 7 nitrogen and oxygen atoms in total. The first kappa shape index (κ1) is 18.0. The number of ether oxygens (including phenoxy) is 2. The van der Waals surface area contributed by atoms with Crippen LogP contribution in [0.25, 0.3) is 0 Å². The van der Waals surface area contributed by atoms with Crippen LogP contribution >= 0.6 is 11.6 Å². The second kappa shape index (κ2) is 7.70. The highest BCUT2D eigenvalue weighted by atomic mass is 35.5. The quantitative estimate of drug-likeness (QED) is 0.802. The Morgan fingerprint density at radius 2 is 2.07 bits per heavy atom. The molecule has 0 bridgehead atoms. The number of fused-ring (bicyclic) bond motifs is 1. The van der Waals surface area contributed by atoms with Gasteiger partial charge < -0.3 is 19.3 Å². The van der Waals surface area contributed by atoms with Crippen LogP contribution in [0.5, 0.6) is 5.75 Å². The van der Waals surface area contributed by atoms with Gasteiger partial charge in [0.25, 0.3) is 5.91 Å². The van der Waals surface area contributed by atoms with E-state index in [0.29, 0.717) is 48.6 Å². The molecular weight excluding hydrogens is 368 g/mol. The lowest BCUT2D eigenvalue weighted by atomic mass is 10.1. The molecule has 2 aromatic rings.